The lowest BCUT2D eigenvalue weighted by Crippen LogP contribution is -2.40. The Hall–Kier alpha value is -1.93. The fraction of sp³-hybridized carbons (Fsp3) is 0.467. The SMILES string of the molecule is Cc1cc(NC(=O)C2CCN(S(C)(=O)=O)CC2)ccc1C(=O)O. The van der Waals surface area contributed by atoms with E-state index in [1.54, 1.807) is 19.1 Å². The highest BCUT2D eigenvalue weighted by Crippen LogP contribution is 2.22. The van der Waals surface area contributed by atoms with E-state index in [1.807, 2.05) is 0 Å². The zero-order valence-electron chi connectivity index (χ0n) is 13.1. The number of benzene rings is 1. The lowest BCUT2D eigenvalue weighted by molar-refractivity contribution is -0.120. The van der Waals surface area contributed by atoms with E-state index in [-0.39, 0.29) is 17.4 Å². The number of amides is 1. The van der Waals surface area contributed by atoms with Crippen LogP contribution < -0.4 is 5.32 Å². The van der Waals surface area contributed by atoms with Gasteiger partial charge in [0.2, 0.25) is 15.9 Å². The molecule has 23 heavy (non-hydrogen) atoms. The Balaban J connectivity index is 1.98. The molecule has 126 valence electrons. The van der Waals surface area contributed by atoms with E-state index in [4.69, 9.17) is 5.11 Å². The molecule has 1 aromatic carbocycles. The topological polar surface area (TPSA) is 104 Å². The molecule has 0 bridgehead atoms. The third kappa shape index (κ3) is 4.29. The van der Waals surface area contributed by atoms with Crippen LogP contribution in [0.2, 0.25) is 0 Å². The second kappa shape index (κ2) is 6.67. The van der Waals surface area contributed by atoms with Crippen molar-refractivity contribution in [2.45, 2.75) is 19.8 Å². The van der Waals surface area contributed by atoms with Gasteiger partial charge in [0.25, 0.3) is 0 Å². The molecule has 2 N–H and O–H groups in total. The summed E-state index contributed by atoms with van der Waals surface area (Å²) < 4.78 is 24.3. The molecule has 0 aliphatic carbocycles. The molecule has 0 spiro atoms. The Morgan fingerprint density at radius 1 is 1.26 bits per heavy atom. The number of aromatic carboxylic acids is 1. The lowest BCUT2D eigenvalue weighted by atomic mass is 9.97. The van der Waals surface area contributed by atoms with E-state index in [1.165, 1.54) is 16.6 Å². The Kier molecular flexibility index (Phi) is 5.06. The molecular weight excluding hydrogens is 320 g/mol. The molecule has 0 radical (unpaired) electrons. The van der Waals surface area contributed by atoms with Gasteiger partial charge in [0.1, 0.15) is 0 Å². The number of carboxylic acid groups (broad SMARTS) is 1. The molecule has 0 saturated carbocycles. The molecular formula is C15H20N2O5S. The first-order valence-electron chi connectivity index (χ1n) is 7.28. The predicted molar refractivity (Wildman–Crippen MR) is 85.9 cm³/mol. The molecule has 0 unspecified atom stereocenters. The Morgan fingerprint density at radius 2 is 1.87 bits per heavy atom. The van der Waals surface area contributed by atoms with E-state index in [0.29, 0.717) is 37.2 Å². The maximum absolute atomic E-state index is 12.3. The number of hydrogen-bond acceptors (Lipinski definition) is 4. The third-order valence-corrected chi connectivity index (χ3v) is 5.32. The first-order chi connectivity index (χ1) is 10.7. The first-order valence-corrected chi connectivity index (χ1v) is 9.13. The highest BCUT2D eigenvalue weighted by Gasteiger charge is 2.28. The van der Waals surface area contributed by atoms with Crippen molar-refractivity contribution in [3.63, 3.8) is 0 Å². The van der Waals surface area contributed by atoms with E-state index in [9.17, 15) is 18.0 Å². The summed E-state index contributed by atoms with van der Waals surface area (Å²) in [5.41, 5.74) is 1.31. The van der Waals surface area contributed by atoms with Gasteiger partial charge in [0.15, 0.2) is 0 Å². The van der Waals surface area contributed by atoms with Crippen LogP contribution in [0.15, 0.2) is 18.2 Å². The Labute approximate surface area is 135 Å². The minimum absolute atomic E-state index is 0.166. The van der Waals surface area contributed by atoms with E-state index in [0.717, 1.165) is 0 Å². The minimum atomic E-state index is -3.21. The number of carboxylic acids is 1. The zero-order valence-corrected chi connectivity index (χ0v) is 13.9. The standard InChI is InChI=1S/C15H20N2O5S/c1-10-9-12(3-4-13(10)15(19)20)16-14(18)11-5-7-17(8-6-11)23(2,21)22/h3-4,9,11H,5-8H2,1-2H3,(H,16,18)(H,19,20). The summed E-state index contributed by atoms with van der Waals surface area (Å²) in [5.74, 6) is -1.42. The molecule has 1 aromatic rings. The minimum Gasteiger partial charge on any atom is -0.478 e. The maximum Gasteiger partial charge on any atom is 0.335 e. The number of aryl methyl sites for hydroxylation is 1. The van der Waals surface area contributed by atoms with Crippen LogP contribution in [0.1, 0.15) is 28.8 Å². The van der Waals surface area contributed by atoms with Crippen molar-refractivity contribution in [2.75, 3.05) is 24.7 Å². The molecule has 1 aliphatic heterocycles. The summed E-state index contributed by atoms with van der Waals surface area (Å²) in [6, 6.07) is 4.63. The summed E-state index contributed by atoms with van der Waals surface area (Å²) in [4.78, 5) is 23.2. The molecule has 0 aromatic heterocycles. The van der Waals surface area contributed by atoms with Crippen molar-refractivity contribution >= 4 is 27.6 Å². The van der Waals surface area contributed by atoms with Crippen LogP contribution in [0.5, 0.6) is 0 Å². The van der Waals surface area contributed by atoms with Gasteiger partial charge in [-0.1, -0.05) is 0 Å². The number of nitrogens with one attached hydrogen (secondary N) is 1. The normalized spacial score (nSPS) is 17.0. The van der Waals surface area contributed by atoms with Crippen LogP contribution in [0.3, 0.4) is 0 Å². The van der Waals surface area contributed by atoms with Crippen molar-refractivity contribution in [1.82, 2.24) is 4.31 Å². The second-order valence-corrected chi connectivity index (χ2v) is 7.74. The smallest absolute Gasteiger partial charge is 0.335 e. The number of piperidine rings is 1. The van der Waals surface area contributed by atoms with Crippen LogP contribution >= 0.6 is 0 Å². The van der Waals surface area contributed by atoms with Crippen LogP contribution in [0.4, 0.5) is 5.69 Å². The van der Waals surface area contributed by atoms with Gasteiger partial charge in [-0.05, 0) is 43.5 Å². The van der Waals surface area contributed by atoms with Crippen molar-refractivity contribution in [3.05, 3.63) is 29.3 Å². The third-order valence-electron chi connectivity index (χ3n) is 4.02. The van der Waals surface area contributed by atoms with Crippen molar-refractivity contribution in [1.29, 1.82) is 0 Å². The molecule has 1 fully saturated rings. The molecule has 2 rings (SSSR count). The van der Waals surface area contributed by atoms with Gasteiger partial charge >= 0.3 is 5.97 Å². The van der Waals surface area contributed by atoms with Crippen molar-refractivity contribution < 1.29 is 23.1 Å². The molecule has 1 aliphatic rings. The van der Waals surface area contributed by atoms with Crippen molar-refractivity contribution in [2.24, 2.45) is 5.92 Å². The van der Waals surface area contributed by atoms with Crippen molar-refractivity contribution in [3.8, 4) is 0 Å². The molecule has 1 saturated heterocycles. The van der Waals surface area contributed by atoms with Crippen LogP contribution in [-0.4, -0.2) is 49.1 Å². The molecule has 8 heteroatoms. The maximum atomic E-state index is 12.3. The fourth-order valence-corrected chi connectivity index (χ4v) is 3.55. The number of carbonyl (C=O) groups excluding carboxylic acids is 1. The zero-order chi connectivity index (χ0) is 17.2. The van der Waals surface area contributed by atoms with Gasteiger partial charge in [-0.3, -0.25) is 4.79 Å². The highest BCUT2D eigenvalue weighted by molar-refractivity contribution is 7.88. The van der Waals surface area contributed by atoms with Gasteiger partial charge in [0, 0.05) is 24.7 Å². The fourth-order valence-electron chi connectivity index (χ4n) is 2.68. The molecule has 0 atom stereocenters. The second-order valence-electron chi connectivity index (χ2n) is 5.76. The number of sulfonamides is 1. The van der Waals surface area contributed by atoms with E-state index < -0.39 is 16.0 Å². The number of anilines is 1. The summed E-state index contributed by atoms with van der Waals surface area (Å²) in [6.07, 6.45) is 2.12. The number of carbonyl (C=O) groups is 2. The van der Waals surface area contributed by atoms with Crippen LogP contribution in [0.25, 0.3) is 0 Å². The Morgan fingerprint density at radius 3 is 2.35 bits per heavy atom. The quantitative estimate of drug-likeness (QED) is 0.860. The van der Waals surface area contributed by atoms with Gasteiger partial charge in [0.05, 0.1) is 11.8 Å². The number of nitrogens with zero attached hydrogens (tertiary/aromatic N) is 1. The predicted octanol–water partition coefficient (Wildman–Crippen LogP) is 1.30. The summed E-state index contributed by atoms with van der Waals surface area (Å²) in [6.45, 7) is 2.35. The van der Waals surface area contributed by atoms with E-state index >= 15 is 0 Å². The van der Waals surface area contributed by atoms with Gasteiger partial charge in [-0.25, -0.2) is 17.5 Å². The molecule has 1 heterocycles. The summed E-state index contributed by atoms with van der Waals surface area (Å²) in [5, 5.41) is 11.8. The van der Waals surface area contributed by atoms with Gasteiger partial charge in [-0.2, -0.15) is 0 Å². The number of rotatable bonds is 4. The van der Waals surface area contributed by atoms with Crippen LogP contribution in [0, 0.1) is 12.8 Å². The van der Waals surface area contributed by atoms with Gasteiger partial charge < -0.3 is 10.4 Å². The Bertz CT molecular complexity index is 721. The number of hydrogen-bond donors (Lipinski definition) is 2. The molecule has 1 amide bonds. The molecule has 7 nitrogen and oxygen atoms in total. The average molecular weight is 340 g/mol. The highest BCUT2D eigenvalue weighted by atomic mass is 32.2. The lowest BCUT2D eigenvalue weighted by Gasteiger charge is -2.29. The van der Waals surface area contributed by atoms with Crippen LogP contribution in [-0.2, 0) is 14.8 Å². The largest absolute Gasteiger partial charge is 0.478 e. The van der Waals surface area contributed by atoms with E-state index in [2.05, 4.69) is 5.32 Å². The summed E-state index contributed by atoms with van der Waals surface area (Å²) in [7, 11) is -3.21. The summed E-state index contributed by atoms with van der Waals surface area (Å²) >= 11 is 0. The average Bonchev–Trinajstić information content (AvgIpc) is 2.46. The first kappa shape index (κ1) is 17.4. The van der Waals surface area contributed by atoms with Gasteiger partial charge in [-0.15, -0.1) is 0 Å². The monoisotopic (exact) mass is 340 g/mol.